The molecule has 0 aliphatic carbocycles. The highest BCUT2D eigenvalue weighted by Crippen LogP contribution is 2.31. The minimum Gasteiger partial charge on any atom is -0.312 e. The van der Waals surface area contributed by atoms with Crippen molar-refractivity contribution in [2.24, 2.45) is 0 Å². The van der Waals surface area contributed by atoms with Crippen LogP contribution < -0.4 is 5.32 Å². The van der Waals surface area contributed by atoms with Crippen LogP contribution in [0, 0.1) is 0 Å². The Labute approximate surface area is 129 Å². The van der Waals surface area contributed by atoms with Gasteiger partial charge in [-0.05, 0) is 19.1 Å². The molecule has 1 aromatic rings. The summed E-state index contributed by atoms with van der Waals surface area (Å²) in [6.07, 6.45) is 0. The lowest BCUT2D eigenvalue weighted by Gasteiger charge is -2.31. The van der Waals surface area contributed by atoms with Crippen LogP contribution in [0.4, 0.5) is 0 Å². The van der Waals surface area contributed by atoms with Crippen molar-refractivity contribution < 1.29 is 8.42 Å². The molecule has 1 aliphatic heterocycles. The van der Waals surface area contributed by atoms with E-state index in [9.17, 15) is 8.42 Å². The highest BCUT2D eigenvalue weighted by Gasteiger charge is 2.30. The molecule has 0 amide bonds. The van der Waals surface area contributed by atoms with Gasteiger partial charge < -0.3 is 5.32 Å². The first-order valence-electron chi connectivity index (χ1n) is 5.60. The zero-order valence-electron chi connectivity index (χ0n) is 10.3. The Morgan fingerprint density at radius 2 is 2.05 bits per heavy atom. The number of benzene rings is 1. The van der Waals surface area contributed by atoms with Gasteiger partial charge in [0, 0.05) is 25.7 Å². The second-order valence-corrected chi connectivity index (χ2v) is 6.96. The zero-order chi connectivity index (χ0) is 13.3. The average Bonchev–Trinajstić information content (AvgIpc) is 2.32. The molecule has 1 unspecified atom stereocenters. The molecule has 1 atom stereocenters. The topological polar surface area (TPSA) is 49.4 Å². The molecule has 0 spiro atoms. The van der Waals surface area contributed by atoms with Crippen molar-refractivity contribution in [1.82, 2.24) is 9.62 Å². The van der Waals surface area contributed by atoms with Crippen LogP contribution in [0.1, 0.15) is 6.92 Å². The number of piperazine rings is 1. The molecular weight excluding hydrogens is 331 g/mol. The number of rotatable bonds is 2. The van der Waals surface area contributed by atoms with Crippen LogP contribution in [-0.2, 0) is 10.0 Å². The van der Waals surface area contributed by atoms with Gasteiger partial charge in [0.1, 0.15) is 4.90 Å². The molecule has 0 saturated carbocycles. The molecular formula is C11H15Cl3N2O2S. The van der Waals surface area contributed by atoms with Crippen LogP contribution in [0.2, 0.25) is 10.0 Å². The maximum Gasteiger partial charge on any atom is 0.244 e. The van der Waals surface area contributed by atoms with Gasteiger partial charge in [0.2, 0.25) is 10.0 Å². The number of halogens is 3. The molecule has 2 rings (SSSR count). The molecule has 108 valence electrons. The Hall–Kier alpha value is -0.0400. The summed E-state index contributed by atoms with van der Waals surface area (Å²) >= 11 is 11.8. The summed E-state index contributed by atoms with van der Waals surface area (Å²) in [6.45, 7) is 3.46. The Morgan fingerprint density at radius 1 is 1.37 bits per heavy atom. The number of nitrogens with one attached hydrogen (secondary N) is 1. The number of hydrogen-bond acceptors (Lipinski definition) is 3. The summed E-state index contributed by atoms with van der Waals surface area (Å²) in [7, 11) is -3.57. The summed E-state index contributed by atoms with van der Waals surface area (Å²) in [5, 5.41) is 3.54. The number of nitrogens with zero attached hydrogens (tertiary/aromatic N) is 1. The third kappa shape index (κ3) is 3.54. The van der Waals surface area contributed by atoms with Gasteiger partial charge in [-0.15, -0.1) is 12.4 Å². The Balaban J connectivity index is 0.00000180. The van der Waals surface area contributed by atoms with Crippen molar-refractivity contribution in [3.05, 3.63) is 28.2 Å². The van der Waals surface area contributed by atoms with E-state index in [4.69, 9.17) is 23.2 Å². The van der Waals surface area contributed by atoms with E-state index in [1.807, 2.05) is 6.92 Å². The standard InChI is InChI=1S/C11H14Cl2N2O2S.ClH/c1-8-7-15(6-5-14-8)18(16,17)10-4-2-3-9(12)11(10)13;/h2-4,8,14H,5-7H2,1H3;1H. The summed E-state index contributed by atoms with van der Waals surface area (Å²) in [5.74, 6) is 0. The summed E-state index contributed by atoms with van der Waals surface area (Å²) < 4.78 is 26.4. The summed E-state index contributed by atoms with van der Waals surface area (Å²) in [6, 6.07) is 4.78. The Bertz CT molecular complexity index is 551. The number of hydrogen-bond donors (Lipinski definition) is 1. The molecule has 4 nitrogen and oxygen atoms in total. The van der Waals surface area contributed by atoms with Gasteiger partial charge in [0.05, 0.1) is 10.0 Å². The van der Waals surface area contributed by atoms with Crippen LogP contribution in [0.25, 0.3) is 0 Å². The van der Waals surface area contributed by atoms with Crippen molar-refractivity contribution >= 4 is 45.6 Å². The van der Waals surface area contributed by atoms with E-state index in [2.05, 4.69) is 5.32 Å². The van der Waals surface area contributed by atoms with E-state index in [0.717, 1.165) is 0 Å². The lowest BCUT2D eigenvalue weighted by molar-refractivity contribution is 0.310. The lowest BCUT2D eigenvalue weighted by atomic mass is 10.3. The molecule has 1 saturated heterocycles. The van der Waals surface area contributed by atoms with E-state index in [-0.39, 0.29) is 33.4 Å². The minimum absolute atomic E-state index is 0. The Kier molecular flexibility index (Phi) is 5.92. The van der Waals surface area contributed by atoms with Gasteiger partial charge in [-0.1, -0.05) is 29.3 Å². The molecule has 0 bridgehead atoms. The predicted octanol–water partition coefficient (Wildman–Crippen LogP) is 2.40. The van der Waals surface area contributed by atoms with E-state index in [1.165, 1.54) is 10.4 Å². The summed E-state index contributed by atoms with van der Waals surface area (Å²) in [5.41, 5.74) is 0. The largest absolute Gasteiger partial charge is 0.312 e. The molecule has 8 heteroatoms. The van der Waals surface area contributed by atoms with Crippen LogP contribution in [0.3, 0.4) is 0 Å². The van der Waals surface area contributed by atoms with Gasteiger partial charge in [-0.25, -0.2) is 8.42 Å². The van der Waals surface area contributed by atoms with Crippen molar-refractivity contribution in [3.8, 4) is 0 Å². The highest BCUT2D eigenvalue weighted by atomic mass is 35.5. The van der Waals surface area contributed by atoms with Gasteiger partial charge in [-0.2, -0.15) is 4.31 Å². The van der Waals surface area contributed by atoms with Crippen molar-refractivity contribution in [2.45, 2.75) is 17.9 Å². The molecule has 1 aliphatic rings. The van der Waals surface area contributed by atoms with Crippen LogP contribution in [0.15, 0.2) is 23.1 Å². The maximum atomic E-state index is 12.5. The smallest absolute Gasteiger partial charge is 0.244 e. The quantitative estimate of drug-likeness (QED) is 0.895. The first kappa shape index (κ1) is 17.0. The van der Waals surface area contributed by atoms with Crippen LogP contribution >= 0.6 is 35.6 Å². The molecule has 0 aromatic heterocycles. The van der Waals surface area contributed by atoms with Gasteiger partial charge in [0.15, 0.2) is 0 Å². The fraction of sp³-hybridized carbons (Fsp3) is 0.455. The molecule has 1 heterocycles. The van der Waals surface area contributed by atoms with Crippen molar-refractivity contribution in [1.29, 1.82) is 0 Å². The maximum absolute atomic E-state index is 12.5. The Morgan fingerprint density at radius 3 is 2.68 bits per heavy atom. The molecule has 0 radical (unpaired) electrons. The molecule has 1 aromatic carbocycles. The monoisotopic (exact) mass is 344 g/mol. The lowest BCUT2D eigenvalue weighted by Crippen LogP contribution is -2.51. The predicted molar refractivity (Wildman–Crippen MR) is 79.9 cm³/mol. The SMILES string of the molecule is CC1CN(S(=O)(=O)c2cccc(Cl)c2Cl)CCN1.Cl. The third-order valence-corrected chi connectivity index (χ3v) is 5.70. The van der Waals surface area contributed by atoms with Gasteiger partial charge in [0.25, 0.3) is 0 Å². The van der Waals surface area contributed by atoms with Crippen LogP contribution in [-0.4, -0.2) is 38.4 Å². The molecule has 1 fully saturated rings. The van der Waals surface area contributed by atoms with Crippen LogP contribution in [0.5, 0.6) is 0 Å². The molecule has 1 N–H and O–H groups in total. The number of sulfonamides is 1. The van der Waals surface area contributed by atoms with Gasteiger partial charge >= 0.3 is 0 Å². The van der Waals surface area contributed by atoms with E-state index < -0.39 is 10.0 Å². The second kappa shape index (κ2) is 6.61. The fourth-order valence-corrected chi connectivity index (χ4v) is 4.20. The average molecular weight is 346 g/mol. The van der Waals surface area contributed by atoms with E-state index >= 15 is 0 Å². The normalized spacial score (nSPS) is 20.9. The first-order chi connectivity index (χ1) is 8.43. The van der Waals surface area contributed by atoms with E-state index in [0.29, 0.717) is 19.6 Å². The molecule has 19 heavy (non-hydrogen) atoms. The van der Waals surface area contributed by atoms with Gasteiger partial charge in [-0.3, -0.25) is 0 Å². The highest BCUT2D eigenvalue weighted by molar-refractivity contribution is 7.89. The first-order valence-corrected chi connectivity index (χ1v) is 7.80. The van der Waals surface area contributed by atoms with Crippen molar-refractivity contribution in [2.75, 3.05) is 19.6 Å². The second-order valence-electron chi connectivity index (χ2n) is 4.27. The zero-order valence-corrected chi connectivity index (χ0v) is 13.4. The minimum atomic E-state index is -3.57. The third-order valence-electron chi connectivity index (χ3n) is 2.87. The summed E-state index contributed by atoms with van der Waals surface area (Å²) in [4.78, 5) is 0.0748. The van der Waals surface area contributed by atoms with E-state index in [1.54, 1.807) is 12.1 Å². The van der Waals surface area contributed by atoms with Crippen molar-refractivity contribution in [3.63, 3.8) is 0 Å². The fourth-order valence-electron chi connectivity index (χ4n) is 1.94.